The van der Waals surface area contributed by atoms with Crippen LogP contribution in [-0.2, 0) is 6.54 Å². The molecule has 3 N–H and O–H groups in total. The monoisotopic (exact) mass is 204 g/mol. The summed E-state index contributed by atoms with van der Waals surface area (Å²) in [5.74, 6) is 0. The molecule has 5 nitrogen and oxygen atoms in total. The maximum atomic E-state index is 11.5. The van der Waals surface area contributed by atoms with Crippen LogP contribution in [0.5, 0.6) is 0 Å². The molecule has 5 heteroatoms. The first-order valence-corrected chi connectivity index (χ1v) is 4.71. The number of nitrogens with two attached hydrogens (primary N) is 1. The van der Waals surface area contributed by atoms with Gasteiger partial charge in [0.2, 0.25) is 0 Å². The number of rotatable bonds is 3. The Kier molecular flexibility index (Phi) is 2.64. The van der Waals surface area contributed by atoms with Crippen molar-refractivity contribution in [1.82, 2.24) is 14.8 Å². The fourth-order valence-corrected chi connectivity index (χ4v) is 1.41. The van der Waals surface area contributed by atoms with Crippen molar-refractivity contribution in [2.24, 2.45) is 5.73 Å². The molecule has 0 amide bonds. The number of aromatic amines is 1. The van der Waals surface area contributed by atoms with E-state index in [1.54, 1.807) is 18.5 Å². The fraction of sp³-hybridized carbons (Fsp3) is 0.200. The van der Waals surface area contributed by atoms with Crippen LogP contribution in [0.2, 0.25) is 0 Å². The second kappa shape index (κ2) is 4.10. The molecule has 15 heavy (non-hydrogen) atoms. The van der Waals surface area contributed by atoms with E-state index in [-0.39, 0.29) is 5.56 Å². The van der Waals surface area contributed by atoms with E-state index in [2.05, 4.69) is 10.1 Å². The van der Waals surface area contributed by atoms with Crippen molar-refractivity contribution in [2.75, 3.05) is 6.54 Å². The number of hydrogen-bond acceptors (Lipinski definition) is 3. The normalized spacial score (nSPS) is 10.5. The van der Waals surface area contributed by atoms with Crippen LogP contribution in [0.15, 0.2) is 35.4 Å². The van der Waals surface area contributed by atoms with Crippen LogP contribution in [0, 0.1) is 0 Å². The van der Waals surface area contributed by atoms with Gasteiger partial charge in [-0.2, -0.15) is 0 Å². The van der Waals surface area contributed by atoms with Crippen molar-refractivity contribution in [3.05, 3.63) is 40.9 Å². The molecule has 0 aliphatic carbocycles. The first kappa shape index (κ1) is 9.67. The van der Waals surface area contributed by atoms with Gasteiger partial charge in [-0.3, -0.25) is 19.6 Å². The molecule has 2 heterocycles. The highest BCUT2D eigenvalue weighted by Crippen LogP contribution is 2.12. The van der Waals surface area contributed by atoms with Gasteiger partial charge in [0.15, 0.2) is 0 Å². The summed E-state index contributed by atoms with van der Waals surface area (Å²) in [6.07, 6.45) is 3.38. The summed E-state index contributed by atoms with van der Waals surface area (Å²) in [5, 5.41) is 3.00. The second-order valence-corrected chi connectivity index (χ2v) is 3.18. The standard InChI is InChI=1S/C10H12N4O/c11-3-6-14-10(15)7-9(13-14)8-1-4-12-5-2-8/h1-2,4-5,7,13H,3,6,11H2. The van der Waals surface area contributed by atoms with Gasteiger partial charge in [0.05, 0.1) is 12.2 Å². The molecule has 0 spiro atoms. The van der Waals surface area contributed by atoms with Crippen LogP contribution >= 0.6 is 0 Å². The Morgan fingerprint density at radius 2 is 2.13 bits per heavy atom. The lowest BCUT2D eigenvalue weighted by Gasteiger charge is -1.98. The van der Waals surface area contributed by atoms with Gasteiger partial charge in [0.1, 0.15) is 0 Å². The van der Waals surface area contributed by atoms with Crippen LogP contribution in [0.3, 0.4) is 0 Å². The van der Waals surface area contributed by atoms with Gasteiger partial charge < -0.3 is 5.73 Å². The SMILES string of the molecule is NCCn1[nH]c(-c2ccncc2)cc1=O. The third-order valence-electron chi connectivity index (χ3n) is 2.13. The molecule has 2 aromatic heterocycles. The van der Waals surface area contributed by atoms with E-state index in [0.717, 1.165) is 11.3 Å². The largest absolute Gasteiger partial charge is 0.329 e. The molecule has 0 bridgehead atoms. The van der Waals surface area contributed by atoms with E-state index in [0.29, 0.717) is 13.1 Å². The Morgan fingerprint density at radius 3 is 2.80 bits per heavy atom. The molecule has 0 aliphatic rings. The van der Waals surface area contributed by atoms with Crippen molar-refractivity contribution in [3.63, 3.8) is 0 Å². The smallest absolute Gasteiger partial charge is 0.267 e. The average molecular weight is 204 g/mol. The Hall–Kier alpha value is -1.88. The van der Waals surface area contributed by atoms with Crippen LogP contribution in [0.1, 0.15) is 0 Å². The maximum Gasteiger partial charge on any atom is 0.267 e. The Morgan fingerprint density at radius 1 is 1.40 bits per heavy atom. The van der Waals surface area contributed by atoms with Gasteiger partial charge in [0.25, 0.3) is 5.56 Å². The number of nitrogens with one attached hydrogen (secondary N) is 1. The van der Waals surface area contributed by atoms with Crippen molar-refractivity contribution in [2.45, 2.75) is 6.54 Å². The van der Waals surface area contributed by atoms with Gasteiger partial charge in [-0.25, -0.2) is 0 Å². The van der Waals surface area contributed by atoms with Crippen LogP contribution in [0.4, 0.5) is 0 Å². The number of hydrogen-bond donors (Lipinski definition) is 2. The predicted octanol–water partition coefficient (Wildman–Crippen LogP) is 0.197. The van der Waals surface area contributed by atoms with Crippen molar-refractivity contribution in [1.29, 1.82) is 0 Å². The van der Waals surface area contributed by atoms with E-state index in [1.807, 2.05) is 12.1 Å². The van der Waals surface area contributed by atoms with Crippen LogP contribution in [0.25, 0.3) is 11.3 Å². The molecule has 78 valence electrons. The van der Waals surface area contributed by atoms with Gasteiger partial charge in [0, 0.05) is 30.6 Å². The van der Waals surface area contributed by atoms with E-state index < -0.39 is 0 Å². The lowest BCUT2D eigenvalue weighted by molar-refractivity contribution is 0.608. The fourth-order valence-electron chi connectivity index (χ4n) is 1.41. The summed E-state index contributed by atoms with van der Waals surface area (Å²) in [6, 6.07) is 5.25. The highest BCUT2D eigenvalue weighted by Gasteiger charge is 2.03. The van der Waals surface area contributed by atoms with E-state index in [4.69, 9.17) is 5.73 Å². The predicted molar refractivity (Wildman–Crippen MR) is 57.3 cm³/mol. The number of H-pyrrole nitrogens is 1. The molecule has 0 saturated heterocycles. The molecule has 0 radical (unpaired) electrons. The average Bonchev–Trinajstić information content (AvgIpc) is 2.63. The Bertz CT molecular complexity index is 486. The third-order valence-corrected chi connectivity index (χ3v) is 2.13. The minimum Gasteiger partial charge on any atom is -0.329 e. The zero-order valence-corrected chi connectivity index (χ0v) is 8.18. The first-order valence-electron chi connectivity index (χ1n) is 4.71. The topological polar surface area (TPSA) is 76.7 Å². The highest BCUT2D eigenvalue weighted by molar-refractivity contribution is 5.57. The number of aromatic nitrogens is 3. The molecule has 0 saturated carbocycles. The highest BCUT2D eigenvalue weighted by atomic mass is 16.1. The zero-order valence-electron chi connectivity index (χ0n) is 8.18. The van der Waals surface area contributed by atoms with Gasteiger partial charge in [-0.15, -0.1) is 0 Å². The first-order chi connectivity index (χ1) is 7.31. The van der Waals surface area contributed by atoms with Crippen molar-refractivity contribution in [3.8, 4) is 11.3 Å². The summed E-state index contributed by atoms with van der Waals surface area (Å²) < 4.78 is 1.50. The zero-order chi connectivity index (χ0) is 10.7. The van der Waals surface area contributed by atoms with Crippen LogP contribution in [-0.4, -0.2) is 21.3 Å². The molecule has 0 unspecified atom stereocenters. The number of nitrogens with zero attached hydrogens (tertiary/aromatic N) is 2. The molecule has 0 aliphatic heterocycles. The molecule has 2 rings (SSSR count). The van der Waals surface area contributed by atoms with Gasteiger partial charge in [-0.05, 0) is 12.1 Å². The lowest BCUT2D eigenvalue weighted by Crippen LogP contribution is -2.20. The van der Waals surface area contributed by atoms with E-state index in [9.17, 15) is 4.79 Å². The molecule has 0 aromatic carbocycles. The number of pyridine rings is 1. The summed E-state index contributed by atoms with van der Waals surface area (Å²) >= 11 is 0. The Labute approximate surface area is 86.5 Å². The summed E-state index contributed by atoms with van der Waals surface area (Å²) in [7, 11) is 0. The minimum atomic E-state index is -0.0627. The Balaban J connectivity index is 2.39. The summed E-state index contributed by atoms with van der Waals surface area (Å²) in [6.45, 7) is 0.945. The molecular formula is C10H12N4O. The van der Waals surface area contributed by atoms with Gasteiger partial charge in [-0.1, -0.05) is 0 Å². The van der Waals surface area contributed by atoms with E-state index in [1.165, 1.54) is 4.68 Å². The molecule has 2 aromatic rings. The van der Waals surface area contributed by atoms with Gasteiger partial charge >= 0.3 is 0 Å². The van der Waals surface area contributed by atoms with Crippen molar-refractivity contribution < 1.29 is 0 Å². The second-order valence-electron chi connectivity index (χ2n) is 3.18. The van der Waals surface area contributed by atoms with Crippen LogP contribution < -0.4 is 11.3 Å². The summed E-state index contributed by atoms with van der Waals surface area (Å²) in [5.41, 5.74) is 7.06. The molecular weight excluding hydrogens is 192 g/mol. The third kappa shape index (κ3) is 1.97. The lowest BCUT2D eigenvalue weighted by atomic mass is 10.2. The quantitative estimate of drug-likeness (QED) is 0.749. The maximum absolute atomic E-state index is 11.5. The van der Waals surface area contributed by atoms with E-state index >= 15 is 0 Å². The van der Waals surface area contributed by atoms with Crippen molar-refractivity contribution >= 4 is 0 Å². The minimum absolute atomic E-state index is 0.0627. The summed E-state index contributed by atoms with van der Waals surface area (Å²) in [4.78, 5) is 15.4. The molecule has 0 atom stereocenters. The molecule has 0 fully saturated rings.